The fourth-order valence-corrected chi connectivity index (χ4v) is 3.12. The highest BCUT2D eigenvalue weighted by Crippen LogP contribution is 2.37. The van der Waals surface area contributed by atoms with Crippen molar-refractivity contribution in [3.05, 3.63) is 48.0 Å². The molecule has 0 spiro atoms. The Morgan fingerprint density at radius 3 is 2.40 bits per heavy atom. The molecule has 0 amide bonds. The Hall–Kier alpha value is -3.11. The number of ether oxygens (including phenoxy) is 3. The molecular weight excluding hydrogens is 412 g/mol. The van der Waals surface area contributed by atoms with E-state index in [1.807, 2.05) is 6.92 Å². The third kappa shape index (κ3) is 6.75. The van der Waals surface area contributed by atoms with Gasteiger partial charge in [-0.25, -0.2) is 18.4 Å². The maximum absolute atomic E-state index is 12.3. The molecular formula is C20H24N2O7S. The zero-order chi connectivity index (χ0) is 22.1. The van der Waals surface area contributed by atoms with Gasteiger partial charge in [0.2, 0.25) is 16.8 Å². The van der Waals surface area contributed by atoms with Gasteiger partial charge in [0.15, 0.2) is 5.75 Å². The number of sulfonamides is 1. The molecule has 30 heavy (non-hydrogen) atoms. The number of nitrogens with one attached hydrogen (secondary N) is 1. The molecule has 0 fully saturated rings. The van der Waals surface area contributed by atoms with Gasteiger partial charge in [0.05, 0.1) is 11.3 Å². The number of hydrogen-bond donors (Lipinski definition) is 2. The highest BCUT2D eigenvalue weighted by atomic mass is 32.2. The van der Waals surface area contributed by atoms with E-state index in [-0.39, 0.29) is 21.9 Å². The van der Waals surface area contributed by atoms with Crippen LogP contribution in [0, 0.1) is 0 Å². The van der Waals surface area contributed by atoms with Crippen LogP contribution in [0.4, 0.5) is 5.69 Å². The molecule has 0 aliphatic rings. The van der Waals surface area contributed by atoms with Gasteiger partial charge >= 0.3 is 11.9 Å². The second kappa shape index (κ2) is 10.6. The van der Waals surface area contributed by atoms with Crippen LogP contribution in [0.2, 0.25) is 0 Å². The first-order valence-electron chi connectivity index (χ1n) is 9.20. The van der Waals surface area contributed by atoms with Gasteiger partial charge in [-0.1, -0.05) is 31.5 Å². The summed E-state index contributed by atoms with van der Waals surface area (Å²) in [6.45, 7) is 3.08. The van der Waals surface area contributed by atoms with Crippen molar-refractivity contribution in [3.63, 3.8) is 0 Å². The van der Waals surface area contributed by atoms with Crippen molar-refractivity contribution >= 4 is 27.6 Å². The van der Waals surface area contributed by atoms with Crippen molar-refractivity contribution in [2.24, 2.45) is 5.14 Å². The predicted octanol–water partition coefficient (Wildman–Crippen LogP) is 3.02. The number of primary sulfonamides is 1. The Bertz CT molecular complexity index is 992. The minimum Gasteiger partial charge on any atom is -0.454 e. The summed E-state index contributed by atoms with van der Waals surface area (Å²) in [5.41, 5.74) is 0.170. The van der Waals surface area contributed by atoms with E-state index >= 15 is 0 Å². The van der Waals surface area contributed by atoms with Gasteiger partial charge in [-0.3, -0.25) is 4.79 Å². The number of para-hydroxylation sites is 1. The molecule has 0 saturated heterocycles. The Morgan fingerprint density at radius 1 is 1.10 bits per heavy atom. The minimum atomic E-state index is -4.25. The molecule has 0 aromatic heterocycles. The largest absolute Gasteiger partial charge is 0.454 e. The number of esters is 2. The predicted molar refractivity (Wildman–Crippen MR) is 110 cm³/mol. The first-order valence-corrected chi connectivity index (χ1v) is 10.7. The minimum absolute atomic E-state index is 0.0312. The molecule has 0 heterocycles. The van der Waals surface area contributed by atoms with Crippen LogP contribution in [-0.4, -0.2) is 33.7 Å². The van der Waals surface area contributed by atoms with Crippen LogP contribution in [0.5, 0.6) is 11.5 Å². The van der Waals surface area contributed by atoms with Crippen molar-refractivity contribution in [1.29, 1.82) is 0 Å². The molecule has 2 rings (SSSR count). The Morgan fingerprint density at radius 2 is 1.80 bits per heavy atom. The SMILES string of the molecule is CCCCNc1cc(C(=O)OCOC(C)=O)cc(S(N)(=O)=O)c1Oc1ccccc1. The lowest BCUT2D eigenvalue weighted by molar-refractivity contribution is -0.149. The molecule has 2 aromatic carbocycles. The summed E-state index contributed by atoms with van der Waals surface area (Å²) in [7, 11) is -4.25. The standard InChI is InChI=1S/C20H24N2O7S/c1-3-4-10-22-17-11-15(20(24)28-13-27-14(2)23)12-18(30(21,25)26)19(17)29-16-8-6-5-7-9-16/h5-9,11-12,22H,3-4,10,13H2,1-2H3,(H2,21,25,26). The van der Waals surface area contributed by atoms with Crippen molar-refractivity contribution in [1.82, 2.24) is 0 Å². The van der Waals surface area contributed by atoms with E-state index in [0.717, 1.165) is 18.9 Å². The van der Waals surface area contributed by atoms with Crippen molar-refractivity contribution in [2.45, 2.75) is 31.6 Å². The van der Waals surface area contributed by atoms with Crippen LogP contribution >= 0.6 is 0 Å². The topological polar surface area (TPSA) is 134 Å². The van der Waals surface area contributed by atoms with Gasteiger partial charge in [0.1, 0.15) is 10.6 Å². The number of hydrogen-bond acceptors (Lipinski definition) is 8. The maximum atomic E-state index is 12.3. The molecule has 0 aliphatic heterocycles. The van der Waals surface area contributed by atoms with Crippen molar-refractivity contribution in [3.8, 4) is 11.5 Å². The fraction of sp³-hybridized carbons (Fsp3) is 0.300. The van der Waals surface area contributed by atoms with Gasteiger partial charge in [-0.05, 0) is 30.7 Å². The monoisotopic (exact) mass is 436 g/mol. The van der Waals surface area contributed by atoms with Gasteiger partial charge in [0.25, 0.3) is 0 Å². The summed E-state index contributed by atoms with van der Waals surface area (Å²) in [4.78, 5) is 22.8. The summed E-state index contributed by atoms with van der Waals surface area (Å²) in [5, 5.41) is 8.47. The highest BCUT2D eigenvalue weighted by Gasteiger charge is 2.24. The van der Waals surface area contributed by atoms with Crippen molar-refractivity contribution < 1.29 is 32.2 Å². The Balaban J connectivity index is 2.49. The van der Waals surface area contributed by atoms with Crippen LogP contribution in [0.15, 0.2) is 47.4 Å². The number of nitrogens with two attached hydrogens (primary N) is 1. The number of unbranched alkanes of at least 4 members (excludes halogenated alkanes) is 1. The molecule has 0 unspecified atom stereocenters. The molecule has 9 nitrogen and oxygen atoms in total. The van der Waals surface area contributed by atoms with E-state index in [0.29, 0.717) is 12.3 Å². The van der Waals surface area contributed by atoms with Crippen LogP contribution < -0.4 is 15.2 Å². The first-order chi connectivity index (χ1) is 14.2. The number of benzene rings is 2. The van der Waals surface area contributed by atoms with Crippen LogP contribution in [0.1, 0.15) is 37.0 Å². The molecule has 2 aromatic rings. The number of carbonyl (C=O) groups excluding carboxylic acids is 2. The van der Waals surface area contributed by atoms with Crippen LogP contribution in [-0.2, 0) is 24.3 Å². The van der Waals surface area contributed by atoms with E-state index < -0.39 is 28.8 Å². The zero-order valence-corrected chi connectivity index (χ0v) is 17.5. The van der Waals surface area contributed by atoms with E-state index in [9.17, 15) is 18.0 Å². The lowest BCUT2D eigenvalue weighted by atomic mass is 10.1. The highest BCUT2D eigenvalue weighted by molar-refractivity contribution is 7.89. The normalized spacial score (nSPS) is 10.9. The van der Waals surface area contributed by atoms with Gasteiger partial charge in [0, 0.05) is 13.5 Å². The number of anilines is 1. The average molecular weight is 436 g/mol. The van der Waals surface area contributed by atoms with Crippen molar-refractivity contribution in [2.75, 3.05) is 18.7 Å². The average Bonchev–Trinajstić information content (AvgIpc) is 2.68. The lowest BCUT2D eigenvalue weighted by Crippen LogP contribution is -2.17. The Labute approximate surface area is 175 Å². The maximum Gasteiger partial charge on any atom is 0.341 e. The molecule has 0 atom stereocenters. The van der Waals surface area contributed by atoms with Gasteiger partial charge in [-0.2, -0.15) is 0 Å². The summed E-state index contributed by atoms with van der Waals surface area (Å²) in [6, 6.07) is 11.0. The zero-order valence-electron chi connectivity index (χ0n) is 16.7. The van der Waals surface area contributed by atoms with Gasteiger partial charge in [-0.15, -0.1) is 0 Å². The summed E-state index contributed by atoms with van der Waals surface area (Å²) < 4.78 is 39.7. The number of rotatable bonds is 10. The third-order valence-corrected chi connectivity index (χ3v) is 4.77. The van der Waals surface area contributed by atoms with Crippen LogP contribution in [0.3, 0.4) is 0 Å². The quantitative estimate of drug-likeness (QED) is 0.330. The molecule has 0 saturated carbocycles. The third-order valence-electron chi connectivity index (χ3n) is 3.86. The van der Waals surface area contributed by atoms with E-state index in [2.05, 4.69) is 10.1 Å². The number of carbonyl (C=O) groups is 2. The molecule has 162 valence electrons. The molecule has 0 radical (unpaired) electrons. The molecule has 3 N–H and O–H groups in total. The molecule has 0 aliphatic carbocycles. The van der Waals surface area contributed by atoms with E-state index in [1.54, 1.807) is 30.3 Å². The second-order valence-electron chi connectivity index (χ2n) is 6.28. The summed E-state index contributed by atoms with van der Waals surface area (Å²) in [6.07, 6.45) is 1.70. The molecule has 10 heteroatoms. The lowest BCUT2D eigenvalue weighted by Gasteiger charge is -2.17. The van der Waals surface area contributed by atoms with E-state index in [4.69, 9.17) is 14.6 Å². The van der Waals surface area contributed by atoms with Crippen LogP contribution in [0.25, 0.3) is 0 Å². The summed E-state index contributed by atoms with van der Waals surface area (Å²) >= 11 is 0. The smallest absolute Gasteiger partial charge is 0.341 e. The van der Waals surface area contributed by atoms with E-state index in [1.165, 1.54) is 13.0 Å². The van der Waals surface area contributed by atoms with Gasteiger partial charge < -0.3 is 19.5 Å². The second-order valence-corrected chi connectivity index (χ2v) is 7.81. The first kappa shape index (κ1) is 23.2. The molecule has 0 bridgehead atoms. The fourth-order valence-electron chi connectivity index (χ4n) is 2.42. The Kier molecular flexibility index (Phi) is 8.19. The summed E-state index contributed by atoms with van der Waals surface area (Å²) in [5.74, 6) is -1.14.